The number of hydrogen-bond acceptors (Lipinski definition) is 2. The second kappa shape index (κ2) is 5.60. The SMILES string of the molecule is CC(=CCCN)Cc1ccc2ccccc2n1. The number of rotatable bonds is 4. The molecule has 0 saturated heterocycles. The summed E-state index contributed by atoms with van der Waals surface area (Å²) in [5.41, 5.74) is 9.00. The highest BCUT2D eigenvalue weighted by atomic mass is 14.7. The van der Waals surface area contributed by atoms with E-state index in [2.05, 4.69) is 42.2 Å². The van der Waals surface area contributed by atoms with Gasteiger partial charge in [0, 0.05) is 17.5 Å². The highest BCUT2D eigenvalue weighted by Gasteiger charge is 1.98. The van der Waals surface area contributed by atoms with Gasteiger partial charge in [-0.15, -0.1) is 0 Å². The van der Waals surface area contributed by atoms with Crippen molar-refractivity contribution in [3.05, 3.63) is 53.7 Å². The zero-order valence-corrected chi connectivity index (χ0v) is 10.2. The van der Waals surface area contributed by atoms with Crippen molar-refractivity contribution in [3.63, 3.8) is 0 Å². The summed E-state index contributed by atoms with van der Waals surface area (Å²) >= 11 is 0. The Labute approximate surface area is 102 Å². The van der Waals surface area contributed by atoms with Gasteiger partial charge in [0.25, 0.3) is 0 Å². The summed E-state index contributed by atoms with van der Waals surface area (Å²) in [6.07, 6.45) is 4.04. The number of benzene rings is 1. The van der Waals surface area contributed by atoms with Crippen LogP contribution in [0.2, 0.25) is 0 Å². The molecule has 0 aliphatic carbocycles. The summed E-state index contributed by atoms with van der Waals surface area (Å²) in [5, 5.41) is 1.19. The Morgan fingerprint density at radius 1 is 1.24 bits per heavy atom. The van der Waals surface area contributed by atoms with Gasteiger partial charge in [0.05, 0.1) is 5.52 Å². The molecule has 0 aliphatic rings. The zero-order chi connectivity index (χ0) is 12.1. The molecule has 2 heteroatoms. The fraction of sp³-hybridized carbons (Fsp3) is 0.267. The van der Waals surface area contributed by atoms with Crippen molar-refractivity contribution in [2.45, 2.75) is 19.8 Å². The van der Waals surface area contributed by atoms with Gasteiger partial charge in [-0.2, -0.15) is 0 Å². The average Bonchev–Trinajstić information content (AvgIpc) is 2.36. The number of nitrogens with two attached hydrogens (primary N) is 1. The van der Waals surface area contributed by atoms with Crippen molar-refractivity contribution in [2.75, 3.05) is 6.54 Å². The first-order chi connectivity index (χ1) is 8.29. The topological polar surface area (TPSA) is 38.9 Å². The number of fused-ring (bicyclic) bond motifs is 1. The van der Waals surface area contributed by atoms with Crippen LogP contribution in [0.3, 0.4) is 0 Å². The van der Waals surface area contributed by atoms with Gasteiger partial charge in [-0.05, 0) is 32.0 Å². The van der Waals surface area contributed by atoms with Gasteiger partial charge in [0.2, 0.25) is 0 Å². The normalized spacial score (nSPS) is 12.0. The summed E-state index contributed by atoms with van der Waals surface area (Å²) in [4.78, 5) is 4.65. The molecule has 17 heavy (non-hydrogen) atoms. The molecule has 1 aromatic carbocycles. The molecule has 0 amide bonds. The largest absolute Gasteiger partial charge is 0.330 e. The molecule has 0 radical (unpaired) electrons. The van der Waals surface area contributed by atoms with Gasteiger partial charge in [-0.25, -0.2) is 0 Å². The highest BCUT2D eigenvalue weighted by Crippen LogP contribution is 2.14. The van der Waals surface area contributed by atoms with Crippen LogP contribution < -0.4 is 5.73 Å². The molecule has 0 spiro atoms. The van der Waals surface area contributed by atoms with E-state index in [1.165, 1.54) is 11.0 Å². The number of aromatic nitrogens is 1. The van der Waals surface area contributed by atoms with Crippen LogP contribution >= 0.6 is 0 Å². The first-order valence-electron chi connectivity index (χ1n) is 6.00. The minimum Gasteiger partial charge on any atom is -0.330 e. The van der Waals surface area contributed by atoms with E-state index in [0.717, 1.165) is 24.1 Å². The molecule has 2 aromatic rings. The summed E-state index contributed by atoms with van der Waals surface area (Å²) in [7, 11) is 0. The van der Waals surface area contributed by atoms with Gasteiger partial charge < -0.3 is 5.73 Å². The molecule has 88 valence electrons. The molecule has 1 aromatic heterocycles. The molecule has 2 N–H and O–H groups in total. The number of pyridine rings is 1. The Hall–Kier alpha value is -1.67. The maximum absolute atomic E-state index is 5.48. The molecule has 0 aliphatic heterocycles. The fourth-order valence-electron chi connectivity index (χ4n) is 1.89. The Kier molecular flexibility index (Phi) is 3.89. The number of hydrogen-bond donors (Lipinski definition) is 1. The third-order valence-electron chi connectivity index (χ3n) is 2.78. The lowest BCUT2D eigenvalue weighted by Crippen LogP contribution is -1.97. The maximum Gasteiger partial charge on any atom is 0.0705 e. The Morgan fingerprint density at radius 2 is 2.06 bits per heavy atom. The van der Waals surface area contributed by atoms with E-state index in [1.54, 1.807) is 0 Å². The number of para-hydroxylation sites is 1. The molecule has 2 nitrogen and oxygen atoms in total. The third-order valence-corrected chi connectivity index (χ3v) is 2.78. The lowest BCUT2D eigenvalue weighted by molar-refractivity contribution is 0.972. The van der Waals surface area contributed by atoms with E-state index in [1.807, 2.05) is 12.1 Å². The minimum absolute atomic E-state index is 0.711. The van der Waals surface area contributed by atoms with E-state index in [4.69, 9.17) is 5.73 Å². The van der Waals surface area contributed by atoms with E-state index < -0.39 is 0 Å². The molecule has 2 rings (SSSR count). The Bertz CT molecular complexity index is 529. The molecule has 1 heterocycles. The molecule has 0 fully saturated rings. The quantitative estimate of drug-likeness (QED) is 0.814. The second-order valence-corrected chi connectivity index (χ2v) is 4.30. The predicted octanol–water partition coefficient (Wildman–Crippen LogP) is 3.07. The highest BCUT2D eigenvalue weighted by molar-refractivity contribution is 5.78. The standard InChI is InChI=1S/C15H18N2/c1-12(5-4-10-16)11-14-9-8-13-6-2-3-7-15(13)17-14/h2-3,5-9H,4,10-11,16H2,1H3. The van der Waals surface area contributed by atoms with Crippen molar-refractivity contribution in [2.24, 2.45) is 5.73 Å². The van der Waals surface area contributed by atoms with E-state index in [0.29, 0.717) is 6.54 Å². The van der Waals surface area contributed by atoms with Crippen LogP contribution in [-0.2, 0) is 6.42 Å². The van der Waals surface area contributed by atoms with Crippen molar-refractivity contribution in [3.8, 4) is 0 Å². The van der Waals surface area contributed by atoms with Gasteiger partial charge in [0.15, 0.2) is 0 Å². The Morgan fingerprint density at radius 3 is 2.88 bits per heavy atom. The van der Waals surface area contributed by atoms with Crippen LogP contribution in [0.25, 0.3) is 10.9 Å². The van der Waals surface area contributed by atoms with Crippen LogP contribution in [0.15, 0.2) is 48.0 Å². The molecular formula is C15H18N2. The molecule has 0 bridgehead atoms. The smallest absolute Gasteiger partial charge is 0.0705 e. The van der Waals surface area contributed by atoms with Gasteiger partial charge in [0.1, 0.15) is 0 Å². The second-order valence-electron chi connectivity index (χ2n) is 4.30. The maximum atomic E-state index is 5.48. The van der Waals surface area contributed by atoms with Gasteiger partial charge >= 0.3 is 0 Å². The van der Waals surface area contributed by atoms with Gasteiger partial charge in [-0.3, -0.25) is 4.98 Å². The van der Waals surface area contributed by atoms with E-state index in [9.17, 15) is 0 Å². The fourth-order valence-corrected chi connectivity index (χ4v) is 1.89. The van der Waals surface area contributed by atoms with Gasteiger partial charge in [-0.1, -0.05) is 35.9 Å². The monoisotopic (exact) mass is 226 g/mol. The number of nitrogens with zero attached hydrogens (tertiary/aromatic N) is 1. The van der Waals surface area contributed by atoms with Crippen molar-refractivity contribution < 1.29 is 0 Å². The Balaban J connectivity index is 2.19. The molecular weight excluding hydrogens is 208 g/mol. The first kappa shape index (κ1) is 11.8. The summed E-state index contributed by atoms with van der Waals surface area (Å²) in [6.45, 7) is 2.84. The summed E-state index contributed by atoms with van der Waals surface area (Å²) in [6, 6.07) is 12.4. The van der Waals surface area contributed by atoms with E-state index >= 15 is 0 Å². The van der Waals surface area contributed by atoms with Crippen LogP contribution in [-0.4, -0.2) is 11.5 Å². The first-order valence-corrected chi connectivity index (χ1v) is 6.00. The zero-order valence-electron chi connectivity index (χ0n) is 10.2. The molecule has 0 atom stereocenters. The summed E-state index contributed by atoms with van der Waals surface area (Å²) < 4.78 is 0. The summed E-state index contributed by atoms with van der Waals surface area (Å²) in [5.74, 6) is 0. The molecule has 0 unspecified atom stereocenters. The number of allylic oxidation sites excluding steroid dienone is 1. The van der Waals surface area contributed by atoms with Crippen molar-refractivity contribution in [1.29, 1.82) is 0 Å². The van der Waals surface area contributed by atoms with Crippen LogP contribution in [0, 0.1) is 0 Å². The van der Waals surface area contributed by atoms with Crippen molar-refractivity contribution >= 4 is 10.9 Å². The predicted molar refractivity (Wildman–Crippen MR) is 72.9 cm³/mol. The van der Waals surface area contributed by atoms with Crippen LogP contribution in [0.1, 0.15) is 19.0 Å². The lowest BCUT2D eigenvalue weighted by atomic mass is 10.1. The average molecular weight is 226 g/mol. The lowest BCUT2D eigenvalue weighted by Gasteiger charge is -2.03. The third kappa shape index (κ3) is 3.14. The van der Waals surface area contributed by atoms with Crippen LogP contribution in [0.4, 0.5) is 0 Å². The minimum atomic E-state index is 0.711. The van der Waals surface area contributed by atoms with Crippen LogP contribution in [0.5, 0.6) is 0 Å². The molecule has 0 saturated carbocycles. The van der Waals surface area contributed by atoms with Crippen molar-refractivity contribution in [1.82, 2.24) is 4.98 Å². The van der Waals surface area contributed by atoms with E-state index in [-0.39, 0.29) is 0 Å².